The SMILES string of the molecule is CCC12C=CC=CC1C(=O)NC2=O.[KH]. The zero-order valence-corrected chi connectivity index (χ0v) is 7.41. The minimum absolute atomic E-state index is 0. The molecule has 1 N–H and O–H groups in total. The molecule has 1 aliphatic heterocycles. The van der Waals surface area contributed by atoms with Gasteiger partial charge in [-0.1, -0.05) is 31.2 Å². The van der Waals surface area contributed by atoms with Gasteiger partial charge in [0.25, 0.3) is 0 Å². The third-order valence-electron chi connectivity index (χ3n) is 2.89. The fraction of sp³-hybridized carbons (Fsp3) is 0.400. The molecule has 2 unspecified atom stereocenters. The van der Waals surface area contributed by atoms with Crippen LogP contribution in [0.1, 0.15) is 13.3 Å². The molecular formula is C10H12KNO2. The first-order chi connectivity index (χ1) is 6.20. The summed E-state index contributed by atoms with van der Waals surface area (Å²) in [6.07, 6.45) is 7.94. The number of imide groups is 1. The van der Waals surface area contributed by atoms with Crippen molar-refractivity contribution < 1.29 is 9.59 Å². The molecule has 1 heterocycles. The fourth-order valence-electron chi connectivity index (χ4n) is 2.02. The van der Waals surface area contributed by atoms with Gasteiger partial charge in [-0.25, -0.2) is 0 Å². The predicted molar refractivity (Wildman–Crippen MR) is 54.8 cm³/mol. The summed E-state index contributed by atoms with van der Waals surface area (Å²) in [6.45, 7) is 1.93. The van der Waals surface area contributed by atoms with E-state index >= 15 is 0 Å². The molecule has 0 bridgehead atoms. The van der Waals surface area contributed by atoms with Gasteiger partial charge >= 0.3 is 51.4 Å². The molecule has 0 aromatic heterocycles. The Bertz CT molecular complexity index is 335. The van der Waals surface area contributed by atoms with Crippen LogP contribution in [0.25, 0.3) is 0 Å². The number of amides is 2. The van der Waals surface area contributed by atoms with Gasteiger partial charge in [0.15, 0.2) is 0 Å². The maximum absolute atomic E-state index is 11.6. The van der Waals surface area contributed by atoms with Crippen LogP contribution in [0.5, 0.6) is 0 Å². The van der Waals surface area contributed by atoms with Gasteiger partial charge in [0.1, 0.15) is 0 Å². The summed E-state index contributed by atoms with van der Waals surface area (Å²) >= 11 is 0. The third kappa shape index (κ3) is 1.59. The van der Waals surface area contributed by atoms with E-state index in [4.69, 9.17) is 0 Å². The van der Waals surface area contributed by atoms with Crippen molar-refractivity contribution in [2.45, 2.75) is 13.3 Å². The second kappa shape index (κ2) is 4.41. The zero-order valence-electron chi connectivity index (χ0n) is 7.41. The number of carbonyl (C=O) groups excluding carboxylic acids is 2. The Labute approximate surface area is 125 Å². The van der Waals surface area contributed by atoms with Crippen LogP contribution in [0.2, 0.25) is 0 Å². The monoisotopic (exact) mass is 217 g/mol. The van der Waals surface area contributed by atoms with Crippen LogP contribution in [0.4, 0.5) is 0 Å². The van der Waals surface area contributed by atoms with Crippen molar-refractivity contribution in [3.8, 4) is 0 Å². The number of rotatable bonds is 1. The number of hydrogen-bond acceptors (Lipinski definition) is 2. The van der Waals surface area contributed by atoms with Crippen LogP contribution in [0, 0.1) is 11.3 Å². The molecule has 0 radical (unpaired) electrons. The van der Waals surface area contributed by atoms with E-state index in [1.807, 2.05) is 25.2 Å². The molecular weight excluding hydrogens is 205 g/mol. The summed E-state index contributed by atoms with van der Waals surface area (Å²) in [7, 11) is 0. The molecule has 1 saturated heterocycles. The molecule has 4 heteroatoms. The average molecular weight is 217 g/mol. The van der Waals surface area contributed by atoms with Gasteiger partial charge in [-0.05, 0) is 6.42 Å². The Hall–Kier alpha value is 0.256. The van der Waals surface area contributed by atoms with Crippen molar-refractivity contribution in [2.75, 3.05) is 0 Å². The van der Waals surface area contributed by atoms with Crippen molar-refractivity contribution in [2.24, 2.45) is 11.3 Å². The van der Waals surface area contributed by atoms with Gasteiger partial charge < -0.3 is 0 Å². The normalized spacial score (nSPS) is 33.6. The van der Waals surface area contributed by atoms with Gasteiger partial charge in [-0.3, -0.25) is 14.9 Å². The van der Waals surface area contributed by atoms with Gasteiger partial charge in [-0.2, -0.15) is 0 Å². The molecule has 0 saturated carbocycles. The number of allylic oxidation sites excluding steroid dienone is 2. The van der Waals surface area contributed by atoms with E-state index in [-0.39, 0.29) is 69.1 Å². The molecule has 2 rings (SSSR count). The Morgan fingerprint density at radius 2 is 2.14 bits per heavy atom. The number of hydrogen-bond donors (Lipinski definition) is 1. The van der Waals surface area contributed by atoms with Crippen LogP contribution in [0.15, 0.2) is 24.3 Å². The first kappa shape index (κ1) is 12.3. The first-order valence-corrected chi connectivity index (χ1v) is 4.42. The van der Waals surface area contributed by atoms with Crippen molar-refractivity contribution in [1.82, 2.24) is 5.32 Å². The molecule has 2 amide bonds. The van der Waals surface area contributed by atoms with Crippen LogP contribution >= 0.6 is 0 Å². The fourth-order valence-corrected chi connectivity index (χ4v) is 2.02. The van der Waals surface area contributed by atoms with E-state index in [2.05, 4.69) is 5.32 Å². The van der Waals surface area contributed by atoms with Crippen LogP contribution in [0.3, 0.4) is 0 Å². The molecule has 70 valence electrons. The summed E-state index contributed by atoms with van der Waals surface area (Å²) in [5.41, 5.74) is -0.605. The molecule has 14 heavy (non-hydrogen) atoms. The standard InChI is InChI=1S/C10H11NO2.K.H/c1-2-10-6-4-3-5-7(10)8(12)11-9(10)13;;/h3-7H,2H2,1H3,(H,11,12,13);;. The number of nitrogens with one attached hydrogen (secondary N) is 1. The van der Waals surface area contributed by atoms with Crippen LogP contribution < -0.4 is 5.32 Å². The van der Waals surface area contributed by atoms with Crippen LogP contribution in [-0.2, 0) is 9.59 Å². The predicted octanol–water partition coefficient (Wildman–Crippen LogP) is 0.133. The molecule has 0 aromatic carbocycles. The molecule has 1 aliphatic carbocycles. The van der Waals surface area contributed by atoms with E-state index in [0.717, 1.165) is 0 Å². The Morgan fingerprint density at radius 3 is 2.71 bits per heavy atom. The molecule has 3 nitrogen and oxygen atoms in total. The summed E-state index contributed by atoms with van der Waals surface area (Å²) < 4.78 is 0. The van der Waals surface area contributed by atoms with E-state index in [1.165, 1.54) is 0 Å². The molecule has 2 atom stereocenters. The van der Waals surface area contributed by atoms with Crippen molar-refractivity contribution >= 4 is 63.2 Å². The van der Waals surface area contributed by atoms with E-state index in [0.29, 0.717) is 6.42 Å². The summed E-state index contributed by atoms with van der Waals surface area (Å²) in [6, 6.07) is 0. The molecule has 2 aliphatic rings. The van der Waals surface area contributed by atoms with Gasteiger partial charge in [0, 0.05) is 0 Å². The summed E-state index contributed by atoms with van der Waals surface area (Å²) in [4.78, 5) is 22.9. The second-order valence-corrected chi connectivity index (χ2v) is 3.43. The van der Waals surface area contributed by atoms with E-state index in [1.54, 1.807) is 6.08 Å². The van der Waals surface area contributed by atoms with Crippen LogP contribution in [-0.4, -0.2) is 63.2 Å². The molecule has 1 fully saturated rings. The van der Waals surface area contributed by atoms with Gasteiger partial charge in [0.05, 0.1) is 11.3 Å². The molecule has 0 aromatic rings. The zero-order chi connectivity index (χ0) is 9.47. The Balaban J connectivity index is 0.000000980. The summed E-state index contributed by atoms with van der Waals surface area (Å²) in [5, 5.41) is 2.37. The number of carbonyl (C=O) groups is 2. The van der Waals surface area contributed by atoms with Crippen molar-refractivity contribution in [3.05, 3.63) is 24.3 Å². The van der Waals surface area contributed by atoms with E-state index in [9.17, 15) is 9.59 Å². The topological polar surface area (TPSA) is 46.2 Å². The molecule has 0 spiro atoms. The van der Waals surface area contributed by atoms with E-state index < -0.39 is 5.41 Å². The van der Waals surface area contributed by atoms with Gasteiger partial charge in [0.2, 0.25) is 11.8 Å². The quantitative estimate of drug-likeness (QED) is 0.501. The van der Waals surface area contributed by atoms with Gasteiger partial charge in [-0.15, -0.1) is 0 Å². The summed E-state index contributed by atoms with van der Waals surface area (Å²) in [5.74, 6) is -0.631. The first-order valence-electron chi connectivity index (χ1n) is 4.42. The minimum atomic E-state index is -0.605. The Morgan fingerprint density at radius 1 is 1.43 bits per heavy atom. The number of fused-ring (bicyclic) bond motifs is 1. The van der Waals surface area contributed by atoms with Crippen molar-refractivity contribution in [1.29, 1.82) is 0 Å². The third-order valence-corrected chi connectivity index (χ3v) is 2.89. The maximum atomic E-state index is 11.6. The Kier molecular flexibility index (Phi) is 3.88. The second-order valence-electron chi connectivity index (χ2n) is 3.43. The van der Waals surface area contributed by atoms with Crippen molar-refractivity contribution in [3.63, 3.8) is 0 Å². The average Bonchev–Trinajstić information content (AvgIpc) is 2.41.